The van der Waals surface area contributed by atoms with Crippen molar-refractivity contribution >= 4 is 15.9 Å². The van der Waals surface area contributed by atoms with E-state index in [0.29, 0.717) is 16.9 Å². The molecule has 1 heterocycles. The summed E-state index contributed by atoms with van der Waals surface area (Å²) in [5, 5.41) is 0. The van der Waals surface area contributed by atoms with Gasteiger partial charge in [0.05, 0.1) is 18.6 Å². The monoisotopic (exact) mass is 523 g/mol. The number of hydrogen-bond acceptors (Lipinski definition) is 6. The number of nitrogens with zero attached hydrogens (tertiary/aromatic N) is 3. The number of likely N-dealkylation sites (tertiary alicyclic amines) is 1. The number of carbonyl (C=O) groups excluding carboxylic acids is 1. The van der Waals surface area contributed by atoms with Crippen molar-refractivity contribution in [1.29, 1.82) is 0 Å². The van der Waals surface area contributed by atoms with Crippen molar-refractivity contribution < 1.29 is 22.7 Å². The van der Waals surface area contributed by atoms with Crippen molar-refractivity contribution in [2.24, 2.45) is 5.92 Å². The van der Waals surface area contributed by atoms with Crippen LogP contribution in [0.3, 0.4) is 0 Å². The van der Waals surface area contributed by atoms with Crippen molar-refractivity contribution in [3.8, 4) is 5.75 Å². The quantitative estimate of drug-likeness (QED) is 0.391. The number of likely N-dealkylation sites (N-methyl/N-ethyl adjacent to an activating group) is 2. The van der Waals surface area contributed by atoms with Crippen LogP contribution in [0.5, 0.6) is 5.75 Å². The third-order valence-electron chi connectivity index (χ3n) is 7.92. The summed E-state index contributed by atoms with van der Waals surface area (Å²) in [6, 6.07) is 3.72. The number of aryl methyl sites for hydroxylation is 2. The Kier molecular flexibility index (Phi) is 10.6. The van der Waals surface area contributed by atoms with E-state index in [4.69, 9.17) is 9.47 Å². The fraction of sp³-hybridized carbons (Fsp3) is 0.741. The molecule has 1 saturated heterocycles. The smallest absolute Gasteiger partial charge is 0.248 e. The lowest BCUT2D eigenvalue weighted by Gasteiger charge is -2.35. The summed E-state index contributed by atoms with van der Waals surface area (Å²) in [5.41, 5.74) is 1.28. The highest BCUT2D eigenvalue weighted by molar-refractivity contribution is 7.89. The van der Waals surface area contributed by atoms with Gasteiger partial charge in [0.25, 0.3) is 0 Å². The molecule has 0 N–H and O–H groups in total. The number of sulfonamides is 1. The van der Waals surface area contributed by atoms with Crippen LogP contribution in [0.15, 0.2) is 17.0 Å². The van der Waals surface area contributed by atoms with Crippen LogP contribution in [0.2, 0.25) is 0 Å². The molecule has 2 aliphatic rings. The molecule has 1 aliphatic heterocycles. The van der Waals surface area contributed by atoms with Crippen LogP contribution in [-0.2, 0) is 19.6 Å². The van der Waals surface area contributed by atoms with Gasteiger partial charge in [-0.25, -0.2) is 8.42 Å². The predicted molar refractivity (Wildman–Crippen MR) is 142 cm³/mol. The van der Waals surface area contributed by atoms with Crippen LogP contribution in [-0.4, -0.2) is 95.1 Å². The first-order valence-electron chi connectivity index (χ1n) is 13.3. The van der Waals surface area contributed by atoms with Gasteiger partial charge in [-0.15, -0.1) is 0 Å². The number of rotatable bonds is 12. The number of carbonyl (C=O) groups is 1. The molecule has 204 valence electrons. The van der Waals surface area contributed by atoms with Gasteiger partial charge in [0.15, 0.2) is 0 Å². The first-order valence-corrected chi connectivity index (χ1v) is 14.7. The number of hydrogen-bond donors (Lipinski definition) is 0. The van der Waals surface area contributed by atoms with Crippen molar-refractivity contribution in [1.82, 2.24) is 14.1 Å². The molecule has 0 bridgehead atoms. The zero-order valence-electron chi connectivity index (χ0n) is 22.8. The van der Waals surface area contributed by atoms with E-state index in [1.807, 2.05) is 11.9 Å². The molecular weight excluding hydrogens is 478 g/mol. The summed E-state index contributed by atoms with van der Waals surface area (Å²) < 4.78 is 38.4. The normalized spacial score (nSPS) is 21.2. The van der Waals surface area contributed by atoms with Crippen molar-refractivity contribution in [2.45, 2.75) is 69.7 Å². The zero-order valence-corrected chi connectivity index (χ0v) is 23.6. The molecule has 0 unspecified atom stereocenters. The molecule has 1 amide bonds. The lowest BCUT2D eigenvalue weighted by molar-refractivity contribution is -0.137. The highest BCUT2D eigenvalue weighted by atomic mass is 32.2. The molecule has 0 spiro atoms. The molecule has 0 aromatic heterocycles. The number of benzene rings is 1. The van der Waals surface area contributed by atoms with Crippen LogP contribution >= 0.6 is 0 Å². The van der Waals surface area contributed by atoms with Gasteiger partial charge in [-0.1, -0.05) is 0 Å². The number of methoxy groups -OCH3 is 1. The Hall–Kier alpha value is -1.68. The Morgan fingerprint density at radius 3 is 2.25 bits per heavy atom. The minimum atomic E-state index is -3.68. The summed E-state index contributed by atoms with van der Waals surface area (Å²) in [6.45, 7) is 7.58. The largest absolute Gasteiger partial charge is 0.497 e. The average molecular weight is 524 g/mol. The lowest BCUT2D eigenvalue weighted by Crippen LogP contribution is -2.42. The molecule has 36 heavy (non-hydrogen) atoms. The van der Waals surface area contributed by atoms with Gasteiger partial charge in [-0.3, -0.25) is 4.79 Å². The standard InChI is InChI=1S/C27H45N3O5S/c1-21-18-25(34-5)19-22(2)27(21)36(32,33)28(3)16-17-35-20-26(31)29(4)24-10-8-23(9-11-24)12-15-30-13-6-7-14-30/h18-19,23-24H,6-17,20H2,1-5H3. The Labute approximate surface area is 218 Å². The van der Waals surface area contributed by atoms with E-state index in [1.165, 1.54) is 63.1 Å². The van der Waals surface area contributed by atoms with E-state index in [9.17, 15) is 13.2 Å². The fourth-order valence-corrected chi connectivity index (χ4v) is 7.12. The van der Waals surface area contributed by atoms with Crippen LogP contribution in [0, 0.1) is 19.8 Å². The lowest BCUT2D eigenvalue weighted by atomic mass is 9.83. The Bertz CT molecular complexity index is 947. The molecule has 2 fully saturated rings. The Morgan fingerprint density at radius 1 is 1.06 bits per heavy atom. The topological polar surface area (TPSA) is 79.4 Å². The highest BCUT2D eigenvalue weighted by Crippen LogP contribution is 2.30. The second kappa shape index (κ2) is 13.2. The molecular formula is C27H45N3O5S. The number of ether oxygens (including phenoxy) is 2. The van der Waals surface area contributed by atoms with Crippen LogP contribution < -0.4 is 4.74 Å². The maximum absolute atomic E-state index is 13.1. The van der Waals surface area contributed by atoms with Gasteiger partial charge < -0.3 is 19.3 Å². The van der Waals surface area contributed by atoms with E-state index < -0.39 is 10.0 Å². The van der Waals surface area contributed by atoms with Gasteiger partial charge in [0.2, 0.25) is 15.9 Å². The molecule has 1 aliphatic carbocycles. The van der Waals surface area contributed by atoms with Crippen molar-refractivity contribution in [3.63, 3.8) is 0 Å². The molecule has 9 heteroatoms. The maximum atomic E-state index is 13.1. The second-order valence-electron chi connectivity index (χ2n) is 10.5. The predicted octanol–water partition coefficient (Wildman–Crippen LogP) is 3.45. The van der Waals surface area contributed by atoms with E-state index in [2.05, 4.69) is 4.90 Å². The molecule has 1 aromatic rings. The fourth-order valence-electron chi connectivity index (χ4n) is 5.56. The number of amides is 1. The molecule has 0 atom stereocenters. The SMILES string of the molecule is COc1cc(C)c(S(=O)(=O)N(C)CCOCC(=O)N(C)C2CCC(CCN3CCCC3)CC2)c(C)c1. The van der Waals surface area contributed by atoms with E-state index in [1.54, 1.807) is 33.1 Å². The summed E-state index contributed by atoms with van der Waals surface area (Å²) in [7, 11) is 1.29. The van der Waals surface area contributed by atoms with E-state index >= 15 is 0 Å². The minimum absolute atomic E-state index is 0.0279. The van der Waals surface area contributed by atoms with E-state index in [0.717, 1.165) is 18.8 Å². The van der Waals surface area contributed by atoms with Gasteiger partial charge in [0, 0.05) is 26.7 Å². The van der Waals surface area contributed by atoms with Crippen molar-refractivity contribution in [2.75, 3.05) is 60.6 Å². The summed E-state index contributed by atoms with van der Waals surface area (Å²) in [4.78, 5) is 17.4. The molecule has 1 saturated carbocycles. The van der Waals surface area contributed by atoms with Gasteiger partial charge in [0.1, 0.15) is 12.4 Å². The first kappa shape index (κ1) is 28.9. The highest BCUT2D eigenvalue weighted by Gasteiger charge is 2.28. The van der Waals surface area contributed by atoms with E-state index in [-0.39, 0.29) is 36.6 Å². The summed E-state index contributed by atoms with van der Waals surface area (Å²) in [5.74, 6) is 1.37. The maximum Gasteiger partial charge on any atom is 0.248 e. The average Bonchev–Trinajstić information content (AvgIpc) is 3.38. The minimum Gasteiger partial charge on any atom is -0.497 e. The summed E-state index contributed by atoms with van der Waals surface area (Å²) in [6.07, 6.45) is 8.43. The van der Waals surface area contributed by atoms with Crippen LogP contribution in [0.25, 0.3) is 0 Å². The van der Waals surface area contributed by atoms with Crippen LogP contribution in [0.4, 0.5) is 0 Å². The van der Waals surface area contributed by atoms with Gasteiger partial charge in [-0.05, 0) is 108 Å². The summed E-state index contributed by atoms with van der Waals surface area (Å²) >= 11 is 0. The first-order chi connectivity index (χ1) is 17.1. The van der Waals surface area contributed by atoms with Crippen molar-refractivity contribution in [3.05, 3.63) is 23.3 Å². The zero-order chi connectivity index (χ0) is 26.3. The molecule has 3 rings (SSSR count). The third-order valence-corrected chi connectivity index (χ3v) is 10.1. The second-order valence-corrected chi connectivity index (χ2v) is 12.5. The van der Waals surface area contributed by atoms with Crippen LogP contribution in [0.1, 0.15) is 56.1 Å². The van der Waals surface area contributed by atoms with Gasteiger partial charge in [-0.2, -0.15) is 4.31 Å². The molecule has 0 radical (unpaired) electrons. The third kappa shape index (κ3) is 7.43. The molecule has 8 nitrogen and oxygen atoms in total. The Balaban J connectivity index is 1.38. The molecule has 1 aromatic carbocycles. The van der Waals surface area contributed by atoms with Gasteiger partial charge >= 0.3 is 0 Å². The Morgan fingerprint density at radius 2 is 1.67 bits per heavy atom.